The molecule has 382 valence electrons. The number of hydrogen-bond donors (Lipinski definition) is 7. The van der Waals surface area contributed by atoms with Crippen molar-refractivity contribution in [1.82, 2.24) is 0 Å². The van der Waals surface area contributed by atoms with Crippen LogP contribution in [0.5, 0.6) is 0 Å². The maximum atomic E-state index is 13.0. The van der Waals surface area contributed by atoms with Crippen molar-refractivity contribution in [3.8, 4) is 0 Å². The van der Waals surface area contributed by atoms with Crippen LogP contribution in [0.2, 0.25) is 0 Å². The average molecular weight is 931 g/mol. The predicted octanol–water partition coefficient (Wildman–Crippen LogP) is 7.63. The normalized spacial score (nSPS) is 26.7. The highest BCUT2D eigenvalue weighted by atomic mass is 16.7. The van der Waals surface area contributed by atoms with Crippen LogP contribution in [-0.4, -0.2) is 142 Å². The first-order valence-electron chi connectivity index (χ1n) is 25.9. The third-order valence-corrected chi connectivity index (χ3v) is 12.4. The highest BCUT2D eigenvalue weighted by Gasteiger charge is 2.47. The number of carbonyl (C=O) groups excluding carboxylic acids is 1. The van der Waals surface area contributed by atoms with Crippen molar-refractivity contribution < 1.29 is 69.0 Å². The molecule has 2 rings (SSSR count). The lowest BCUT2D eigenvalue weighted by Gasteiger charge is -2.42. The smallest absolute Gasteiger partial charge is 0.306 e. The Morgan fingerprint density at radius 2 is 0.908 bits per heavy atom. The minimum absolute atomic E-state index is 0.0579. The van der Waals surface area contributed by atoms with E-state index in [4.69, 9.17) is 28.4 Å². The number of unbranched alkanes of at least 4 members (excludes halogenated alkanes) is 23. The largest absolute Gasteiger partial charge is 0.457 e. The second-order valence-corrected chi connectivity index (χ2v) is 18.3. The molecule has 11 unspecified atom stereocenters. The van der Waals surface area contributed by atoms with Gasteiger partial charge in [-0.05, 0) is 64.2 Å². The van der Waals surface area contributed by atoms with Crippen molar-refractivity contribution in [2.75, 3.05) is 33.0 Å². The van der Waals surface area contributed by atoms with E-state index in [1.54, 1.807) is 0 Å². The molecule has 0 aromatic rings. The van der Waals surface area contributed by atoms with Crippen molar-refractivity contribution >= 4 is 5.97 Å². The van der Waals surface area contributed by atoms with Crippen LogP contribution in [0, 0.1) is 0 Å². The predicted molar refractivity (Wildman–Crippen MR) is 252 cm³/mol. The number of rotatable bonds is 41. The highest BCUT2D eigenvalue weighted by molar-refractivity contribution is 5.69. The summed E-state index contributed by atoms with van der Waals surface area (Å²) < 4.78 is 34.3. The van der Waals surface area contributed by atoms with Crippen molar-refractivity contribution in [2.24, 2.45) is 0 Å². The molecule has 14 nitrogen and oxygen atoms in total. The van der Waals surface area contributed by atoms with E-state index in [0.29, 0.717) is 13.0 Å². The van der Waals surface area contributed by atoms with E-state index >= 15 is 0 Å². The summed E-state index contributed by atoms with van der Waals surface area (Å²) in [5, 5.41) is 72.1. The Morgan fingerprint density at radius 3 is 1.42 bits per heavy atom. The van der Waals surface area contributed by atoms with Gasteiger partial charge < -0.3 is 64.2 Å². The molecule has 0 aromatic carbocycles. The van der Waals surface area contributed by atoms with E-state index in [-0.39, 0.29) is 25.6 Å². The number of carbonyl (C=O) groups is 1. The van der Waals surface area contributed by atoms with Crippen LogP contribution < -0.4 is 0 Å². The second-order valence-electron chi connectivity index (χ2n) is 18.3. The zero-order chi connectivity index (χ0) is 47.3. The lowest BCUT2D eigenvalue weighted by atomic mass is 9.98. The first-order valence-corrected chi connectivity index (χ1v) is 25.9. The lowest BCUT2D eigenvalue weighted by molar-refractivity contribution is -0.332. The van der Waals surface area contributed by atoms with Crippen LogP contribution in [0.1, 0.15) is 194 Å². The van der Waals surface area contributed by atoms with Gasteiger partial charge in [-0.15, -0.1) is 0 Å². The van der Waals surface area contributed by atoms with Gasteiger partial charge in [-0.1, -0.05) is 147 Å². The zero-order valence-electron chi connectivity index (χ0n) is 40.5. The van der Waals surface area contributed by atoms with Crippen molar-refractivity contribution in [3.63, 3.8) is 0 Å². The fourth-order valence-corrected chi connectivity index (χ4v) is 8.16. The third-order valence-electron chi connectivity index (χ3n) is 12.4. The molecule has 0 bridgehead atoms. The van der Waals surface area contributed by atoms with E-state index in [1.165, 1.54) is 116 Å². The number of ether oxygens (including phenoxy) is 6. The number of esters is 1. The molecule has 11 atom stereocenters. The maximum absolute atomic E-state index is 13.0. The maximum Gasteiger partial charge on any atom is 0.306 e. The molecule has 0 aromatic heterocycles. The molecule has 2 fully saturated rings. The van der Waals surface area contributed by atoms with Crippen molar-refractivity contribution in [1.29, 1.82) is 0 Å². The van der Waals surface area contributed by atoms with Crippen molar-refractivity contribution in [2.45, 2.75) is 261 Å². The zero-order valence-corrected chi connectivity index (χ0v) is 40.5. The summed E-state index contributed by atoms with van der Waals surface area (Å²) in [4.78, 5) is 13.0. The van der Waals surface area contributed by atoms with Gasteiger partial charge in [0.2, 0.25) is 0 Å². The molecule has 7 N–H and O–H groups in total. The van der Waals surface area contributed by atoms with E-state index < -0.39 is 80.7 Å². The molecule has 2 saturated heterocycles. The molecule has 0 amide bonds. The minimum Gasteiger partial charge on any atom is -0.457 e. The molecule has 0 radical (unpaired) electrons. The Labute approximate surface area is 392 Å². The standard InChI is InChI=1S/C51H94O14/c1-3-5-7-9-11-13-15-17-19-20-21-22-24-26-28-30-32-34-43(53)63-40(37-60-35-33-31-29-27-25-23-18-16-14-12-10-8-6-4-2)38-61-50-49(59)47(57)45(55)42(65-50)39-62-51-48(58)46(56)44(54)41(36-52)64-51/h14,16-17,19,40-42,44-52,54-59H,3-13,15,18,20-39H2,1-2H3/b16-14-,19-17-. The van der Waals surface area contributed by atoms with Gasteiger partial charge in [0, 0.05) is 13.0 Å². The third kappa shape index (κ3) is 27.3. The monoisotopic (exact) mass is 931 g/mol. The van der Waals surface area contributed by atoms with Crippen LogP contribution >= 0.6 is 0 Å². The topological polar surface area (TPSA) is 214 Å². The van der Waals surface area contributed by atoms with Gasteiger partial charge in [-0.3, -0.25) is 4.79 Å². The van der Waals surface area contributed by atoms with E-state index in [0.717, 1.165) is 51.4 Å². The van der Waals surface area contributed by atoms with Gasteiger partial charge in [0.25, 0.3) is 0 Å². The van der Waals surface area contributed by atoms with Crippen LogP contribution in [0.3, 0.4) is 0 Å². The Bertz CT molecular complexity index is 1170. The molecule has 65 heavy (non-hydrogen) atoms. The summed E-state index contributed by atoms with van der Waals surface area (Å²) in [6, 6.07) is 0. The quantitative estimate of drug-likeness (QED) is 0.0179. The first kappa shape index (κ1) is 59.6. The molecule has 2 aliphatic rings. The summed E-state index contributed by atoms with van der Waals surface area (Å²) in [5.41, 5.74) is 0. The Kier molecular flexibility index (Phi) is 36.1. The van der Waals surface area contributed by atoms with Crippen LogP contribution in [-0.2, 0) is 33.2 Å². The summed E-state index contributed by atoms with van der Waals surface area (Å²) in [7, 11) is 0. The van der Waals surface area contributed by atoms with Gasteiger partial charge in [-0.2, -0.15) is 0 Å². The first-order chi connectivity index (χ1) is 31.6. The van der Waals surface area contributed by atoms with Gasteiger partial charge in [0.05, 0.1) is 26.4 Å². The molecule has 14 heteroatoms. The molecular weight excluding hydrogens is 837 g/mol. The summed E-state index contributed by atoms with van der Waals surface area (Å²) in [5.74, 6) is -0.382. The molecule has 0 saturated carbocycles. The van der Waals surface area contributed by atoms with Gasteiger partial charge >= 0.3 is 5.97 Å². The van der Waals surface area contributed by atoms with E-state index in [2.05, 4.69) is 38.2 Å². The minimum atomic E-state index is -1.71. The number of allylic oxidation sites excluding steroid dienone is 4. The molecular formula is C51H94O14. The van der Waals surface area contributed by atoms with Crippen molar-refractivity contribution in [3.05, 3.63) is 24.3 Å². The van der Waals surface area contributed by atoms with Crippen LogP contribution in [0.4, 0.5) is 0 Å². The number of aliphatic hydroxyl groups excluding tert-OH is 7. The summed E-state index contributed by atoms with van der Waals surface area (Å²) in [6.45, 7) is 3.66. The fraction of sp³-hybridized carbons (Fsp3) is 0.902. The molecule has 2 heterocycles. The molecule has 0 aliphatic carbocycles. The average Bonchev–Trinajstić information content (AvgIpc) is 3.30. The lowest BCUT2D eigenvalue weighted by Crippen LogP contribution is -2.61. The van der Waals surface area contributed by atoms with Crippen LogP contribution in [0.25, 0.3) is 0 Å². The Hall–Kier alpha value is -1.53. The number of hydrogen-bond acceptors (Lipinski definition) is 14. The van der Waals surface area contributed by atoms with E-state index in [1.807, 2.05) is 0 Å². The number of aliphatic hydroxyl groups is 7. The van der Waals surface area contributed by atoms with Gasteiger partial charge in [0.15, 0.2) is 12.6 Å². The summed E-state index contributed by atoms with van der Waals surface area (Å²) >= 11 is 0. The second kappa shape index (κ2) is 39.3. The highest BCUT2D eigenvalue weighted by Crippen LogP contribution is 2.26. The van der Waals surface area contributed by atoms with E-state index in [9.17, 15) is 40.5 Å². The van der Waals surface area contributed by atoms with Crippen LogP contribution in [0.15, 0.2) is 24.3 Å². The van der Waals surface area contributed by atoms with Gasteiger partial charge in [0.1, 0.15) is 54.9 Å². The molecule has 0 spiro atoms. The Morgan fingerprint density at radius 1 is 0.492 bits per heavy atom. The Balaban J connectivity index is 1.77. The molecule has 2 aliphatic heterocycles. The SMILES string of the molecule is CCCCCC/C=C\CCCCCCCCOCC(COC1OC(COC2OC(CO)C(O)C(O)C2O)C(O)C(O)C1O)OC(=O)CCCCCCCCC/C=C\CCCCCCCC. The summed E-state index contributed by atoms with van der Waals surface area (Å²) in [6.07, 6.45) is 25.2. The van der Waals surface area contributed by atoms with Gasteiger partial charge in [-0.25, -0.2) is 0 Å². The fourth-order valence-electron chi connectivity index (χ4n) is 8.16.